The molecule has 15 heteroatoms. The van der Waals surface area contributed by atoms with Crippen LogP contribution in [0.2, 0.25) is 0 Å². The topological polar surface area (TPSA) is 197 Å². The first-order valence-electron chi connectivity index (χ1n) is 14.5. The van der Waals surface area contributed by atoms with Crippen LogP contribution in [0.5, 0.6) is 0 Å². The van der Waals surface area contributed by atoms with E-state index in [0.717, 1.165) is 7.11 Å². The third-order valence-corrected chi connectivity index (χ3v) is 7.97. The van der Waals surface area contributed by atoms with Gasteiger partial charge in [-0.3, -0.25) is 24.0 Å². The van der Waals surface area contributed by atoms with E-state index >= 15 is 0 Å². The quantitative estimate of drug-likeness (QED) is 0.158. The van der Waals surface area contributed by atoms with Gasteiger partial charge in [-0.15, -0.1) is 4.91 Å². The lowest BCUT2D eigenvalue weighted by molar-refractivity contribution is -0.141. The number of nitroso groups, excluding NO2 is 1. The maximum atomic E-state index is 13.5. The molecule has 1 aliphatic heterocycles. The number of rotatable bonds is 16. The van der Waals surface area contributed by atoms with E-state index in [-0.39, 0.29) is 78.8 Å². The predicted octanol–water partition coefficient (Wildman–Crippen LogP) is 2.83. The van der Waals surface area contributed by atoms with Crippen LogP contribution >= 0.6 is 0 Å². The van der Waals surface area contributed by atoms with Crippen molar-refractivity contribution in [3.63, 3.8) is 0 Å². The van der Waals surface area contributed by atoms with Gasteiger partial charge in [0.05, 0.1) is 52.1 Å². The number of aromatic amines is 1. The first kappa shape index (κ1) is 36.1. The van der Waals surface area contributed by atoms with Crippen LogP contribution in [0.3, 0.4) is 0 Å². The van der Waals surface area contributed by atoms with Crippen molar-refractivity contribution in [2.24, 2.45) is 5.29 Å². The van der Waals surface area contributed by atoms with E-state index in [2.05, 4.69) is 10.3 Å². The van der Waals surface area contributed by atoms with Crippen molar-refractivity contribution in [2.75, 3.05) is 28.4 Å². The molecule has 0 saturated carbocycles. The average molecular weight is 656 g/mol. The third-order valence-electron chi connectivity index (χ3n) is 7.97. The van der Waals surface area contributed by atoms with Crippen LogP contribution in [0.25, 0.3) is 0 Å². The van der Waals surface area contributed by atoms with Crippen LogP contribution in [-0.2, 0) is 73.5 Å². The molecule has 1 N–H and O–H groups in total. The smallest absolute Gasteiger partial charge is 0.355 e. The summed E-state index contributed by atoms with van der Waals surface area (Å²) in [5.41, 5.74) is -0.106. The molecule has 0 aliphatic carbocycles. The first-order valence-corrected chi connectivity index (χ1v) is 14.5. The summed E-state index contributed by atoms with van der Waals surface area (Å²) in [5.74, 6) is -4.25. The van der Waals surface area contributed by atoms with Gasteiger partial charge in [-0.2, -0.15) is 5.01 Å². The van der Waals surface area contributed by atoms with Gasteiger partial charge in [-0.05, 0) is 42.0 Å². The van der Waals surface area contributed by atoms with Gasteiger partial charge in [-0.1, -0.05) is 30.3 Å². The van der Waals surface area contributed by atoms with E-state index in [1.54, 1.807) is 24.3 Å². The maximum absolute atomic E-state index is 13.5. The lowest BCUT2D eigenvalue weighted by atomic mass is 9.83. The number of carbonyl (C=O) groups excluding carboxylic acids is 6. The predicted molar refractivity (Wildman–Crippen MR) is 162 cm³/mol. The van der Waals surface area contributed by atoms with Gasteiger partial charge >= 0.3 is 29.8 Å². The minimum atomic E-state index is -1.63. The molecule has 3 rings (SSSR count). The van der Waals surface area contributed by atoms with E-state index < -0.39 is 47.7 Å². The van der Waals surface area contributed by atoms with Gasteiger partial charge in [-0.25, -0.2) is 4.79 Å². The molecule has 47 heavy (non-hydrogen) atoms. The van der Waals surface area contributed by atoms with Crippen molar-refractivity contribution < 1.29 is 52.5 Å². The van der Waals surface area contributed by atoms with E-state index in [4.69, 9.17) is 23.7 Å². The molecule has 1 unspecified atom stereocenters. The molecule has 0 radical (unpaired) electrons. The van der Waals surface area contributed by atoms with Crippen molar-refractivity contribution in [3.8, 4) is 0 Å². The second-order valence-corrected chi connectivity index (χ2v) is 10.8. The number of aromatic nitrogens is 1. The fourth-order valence-corrected chi connectivity index (χ4v) is 5.48. The van der Waals surface area contributed by atoms with Gasteiger partial charge in [0.25, 0.3) is 5.91 Å². The molecule has 0 saturated heterocycles. The number of benzene rings is 1. The van der Waals surface area contributed by atoms with Gasteiger partial charge in [0, 0.05) is 30.5 Å². The molecular weight excluding hydrogens is 618 g/mol. The molecule has 15 nitrogen and oxygen atoms in total. The van der Waals surface area contributed by atoms with Gasteiger partial charge in [0.1, 0.15) is 12.3 Å². The van der Waals surface area contributed by atoms with Gasteiger partial charge in [0.2, 0.25) is 0 Å². The van der Waals surface area contributed by atoms with Crippen LogP contribution in [0, 0.1) is 4.91 Å². The largest absolute Gasteiger partial charge is 0.469 e. The zero-order valence-corrected chi connectivity index (χ0v) is 26.8. The van der Waals surface area contributed by atoms with Crippen LogP contribution in [0.4, 0.5) is 0 Å². The monoisotopic (exact) mass is 655 g/mol. The normalized spacial score (nSPS) is 15.7. The molecule has 0 spiro atoms. The number of amides is 1. The van der Waals surface area contributed by atoms with E-state index in [9.17, 15) is 33.7 Å². The van der Waals surface area contributed by atoms with E-state index in [1.807, 2.05) is 6.07 Å². The Morgan fingerprint density at radius 3 is 1.96 bits per heavy atom. The molecular formula is C32H37N3O12. The Morgan fingerprint density at radius 2 is 1.38 bits per heavy atom. The molecule has 1 atom stereocenters. The highest BCUT2D eigenvalue weighted by molar-refractivity contribution is 6.00. The SMILES string of the molecule is COC(=O)CCC1=C(CC(=O)OC)C(C)(Cc2[nH]c(C(=O)OCc3ccccc3)c(CCC(=O)OC)c2CC(=O)OC)N(N=O)C1=O. The van der Waals surface area contributed by atoms with Crippen molar-refractivity contribution >= 4 is 35.8 Å². The molecule has 1 aromatic carbocycles. The molecule has 0 bridgehead atoms. The minimum absolute atomic E-state index is 0.00242. The van der Waals surface area contributed by atoms with E-state index in [0.29, 0.717) is 10.6 Å². The fraction of sp³-hybridized carbons (Fsp3) is 0.438. The van der Waals surface area contributed by atoms with Crippen LogP contribution in [0.1, 0.15) is 65.5 Å². The number of nitrogens with zero attached hydrogens (tertiary/aromatic N) is 2. The molecule has 1 aromatic heterocycles. The van der Waals surface area contributed by atoms with E-state index in [1.165, 1.54) is 28.3 Å². The molecule has 252 valence electrons. The van der Waals surface area contributed by atoms with Crippen LogP contribution < -0.4 is 0 Å². The third kappa shape index (κ3) is 8.48. The number of carbonyl (C=O) groups is 6. The lowest BCUT2D eigenvalue weighted by Crippen LogP contribution is -2.45. The first-order chi connectivity index (χ1) is 22.4. The number of hydrogen-bond donors (Lipinski definition) is 1. The molecule has 0 fully saturated rings. The van der Waals surface area contributed by atoms with Gasteiger partial charge < -0.3 is 28.7 Å². The summed E-state index contributed by atoms with van der Waals surface area (Å²) in [6.45, 7) is 1.40. The molecule has 2 aromatic rings. The van der Waals surface area contributed by atoms with Crippen LogP contribution in [0.15, 0.2) is 46.8 Å². The van der Waals surface area contributed by atoms with Crippen molar-refractivity contribution in [2.45, 2.75) is 64.0 Å². The van der Waals surface area contributed by atoms with Crippen LogP contribution in [-0.4, -0.2) is 79.7 Å². The highest BCUT2D eigenvalue weighted by Crippen LogP contribution is 2.43. The zero-order chi connectivity index (χ0) is 34.7. The lowest BCUT2D eigenvalue weighted by Gasteiger charge is -2.32. The van der Waals surface area contributed by atoms with Crippen molar-refractivity contribution in [1.29, 1.82) is 0 Å². The fourth-order valence-electron chi connectivity index (χ4n) is 5.48. The minimum Gasteiger partial charge on any atom is -0.469 e. The maximum Gasteiger partial charge on any atom is 0.355 e. The average Bonchev–Trinajstić information content (AvgIpc) is 3.50. The molecule has 1 aliphatic rings. The summed E-state index contributed by atoms with van der Waals surface area (Å²) in [7, 11) is 4.72. The summed E-state index contributed by atoms with van der Waals surface area (Å²) >= 11 is 0. The zero-order valence-electron chi connectivity index (χ0n) is 26.8. The number of esters is 5. The Kier molecular flexibility index (Phi) is 12.5. The number of ether oxygens (including phenoxy) is 5. The standard InChI is InChI=1S/C32H37N3O12/c1-32(23(16-28(39)46-5)21(12-14-26(37)44-3)30(40)35(32)34-42)17-24-22(15-27(38)45-4)20(11-13-25(36)43-2)29(33-24)31(41)47-18-19-9-7-6-8-10-19/h6-10,33H,11-18H2,1-5H3. The Morgan fingerprint density at radius 1 is 0.809 bits per heavy atom. The second kappa shape index (κ2) is 16.3. The Bertz CT molecular complexity index is 1560. The van der Waals surface area contributed by atoms with Gasteiger partial charge in [0.15, 0.2) is 0 Å². The molecule has 1 amide bonds. The highest BCUT2D eigenvalue weighted by atomic mass is 16.5. The summed E-state index contributed by atoms with van der Waals surface area (Å²) in [6, 6.07) is 8.89. The van der Waals surface area contributed by atoms with Crippen molar-refractivity contribution in [1.82, 2.24) is 9.99 Å². The Labute approximate surface area is 270 Å². The number of H-pyrrole nitrogens is 1. The van der Waals surface area contributed by atoms with Crippen molar-refractivity contribution in [3.05, 3.63) is 74.5 Å². The summed E-state index contributed by atoms with van der Waals surface area (Å²) < 4.78 is 24.8. The molecule has 2 heterocycles. The number of hydrogen-bond acceptors (Lipinski definition) is 13. The number of methoxy groups -OCH3 is 4. The second-order valence-electron chi connectivity index (χ2n) is 10.8. The summed E-state index contributed by atoms with van der Waals surface area (Å²) in [5, 5.41) is 3.62. The summed E-state index contributed by atoms with van der Waals surface area (Å²) in [4.78, 5) is 91.5. The summed E-state index contributed by atoms with van der Waals surface area (Å²) in [6.07, 6.45) is -1.67. The Hall–Kier alpha value is -5.34. The highest BCUT2D eigenvalue weighted by Gasteiger charge is 2.51. The Balaban J connectivity index is 2.19. The number of nitrogens with one attached hydrogen (secondary N) is 1.